The van der Waals surface area contributed by atoms with Gasteiger partial charge in [0.2, 0.25) is 0 Å². The van der Waals surface area contributed by atoms with Gasteiger partial charge < -0.3 is 0 Å². The number of unbranched alkanes of at least 4 members (excludes halogenated alkanes) is 3. The summed E-state index contributed by atoms with van der Waals surface area (Å²) in [5.41, 5.74) is 2.77. The van der Waals surface area contributed by atoms with E-state index < -0.39 is 6.15 Å². The summed E-state index contributed by atoms with van der Waals surface area (Å²) in [6.45, 7) is 2.18. The van der Waals surface area contributed by atoms with Crippen LogP contribution in [0, 0.1) is 11.6 Å². The minimum Gasteiger partial charge on any atom is -0.207 e. The van der Waals surface area contributed by atoms with Crippen molar-refractivity contribution >= 4 is 34.1 Å². The molecule has 0 nitrogen and oxygen atoms in total. The van der Waals surface area contributed by atoms with Crippen LogP contribution in [0.25, 0.3) is 0 Å². The topological polar surface area (TPSA) is 0 Å². The van der Waals surface area contributed by atoms with Gasteiger partial charge in [-0.15, -0.1) is 0 Å². The second-order valence-electron chi connectivity index (χ2n) is 7.56. The first kappa shape index (κ1) is 20.6. The standard InChI is InChI=1S/C24H25BClF2/c1-2-3-4-5-15-25(19-9-6-12-22(26)16-19,20-10-7-13-23(27)17-20)21-11-8-14-24(28)18-21/h6-14,16-18H,2-5,15H2,1H3/q-1. The third kappa shape index (κ3) is 4.47. The van der Waals surface area contributed by atoms with E-state index in [0.29, 0.717) is 5.02 Å². The van der Waals surface area contributed by atoms with Crippen molar-refractivity contribution in [1.82, 2.24) is 0 Å². The zero-order chi connectivity index (χ0) is 20.0. The van der Waals surface area contributed by atoms with Gasteiger partial charge in [-0.05, 0) is 18.2 Å². The van der Waals surface area contributed by atoms with E-state index in [1.165, 1.54) is 12.1 Å². The molecule has 0 atom stereocenters. The van der Waals surface area contributed by atoms with Crippen LogP contribution < -0.4 is 16.4 Å². The van der Waals surface area contributed by atoms with Gasteiger partial charge in [0.05, 0.1) is 6.15 Å². The van der Waals surface area contributed by atoms with Gasteiger partial charge in [0, 0.05) is 5.02 Å². The number of rotatable bonds is 8. The van der Waals surface area contributed by atoms with E-state index >= 15 is 0 Å². The Balaban J connectivity index is 2.24. The van der Waals surface area contributed by atoms with Crippen molar-refractivity contribution in [3.8, 4) is 0 Å². The lowest BCUT2D eigenvalue weighted by molar-refractivity contribution is 0.628. The normalized spacial score (nSPS) is 11.6. The minimum absolute atomic E-state index is 0.282. The molecule has 3 aromatic rings. The van der Waals surface area contributed by atoms with E-state index in [4.69, 9.17) is 11.6 Å². The van der Waals surface area contributed by atoms with Crippen molar-refractivity contribution in [3.05, 3.63) is 89.5 Å². The van der Waals surface area contributed by atoms with Gasteiger partial charge in [-0.2, -0.15) is 22.7 Å². The molecular weight excluding hydrogens is 373 g/mol. The van der Waals surface area contributed by atoms with Gasteiger partial charge in [0.25, 0.3) is 0 Å². The lowest BCUT2D eigenvalue weighted by atomic mass is 9.14. The molecule has 0 spiro atoms. The van der Waals surface area contributed by atoms with Crippen LogP contribution >= 0.6 is 11.6 Å². The maximum Gasteiger partial charge on any atom is 0.120 e. The summed E-state index contributed by atoms with van der Waals surface area (Å²) in [6, 6.07) is 21.2. The Kier molecular flexibility index (Phi) is 6.90. The zero-order valence-corrected chi connectivity index (χ0v) is 16.9. The number of benzene rings is 3. The fraction of sp³-hybridized carbons (Fsp3) is 0.250. The molecule has 28 heavy (non-hydrogen) atoms. The summed E-state index contributed by atoms with van der Waals surface area (Å²) in [4.78, 5) is 0. The molecule has 0 amide bonds. The van der Waals surface area contributed by atoms with Crippen LogP contribution in [0.2, 0.25) is 11.3 Å². The van der Waals surface area contributed by atoms with Gasteiger partial charge >= 0.3 is 0 Å². The smallest absolute Gasteiger partial charge is 0.120 e. The fourth-order valence-electron chi connectivity index (χ4n) is 4.39. The van der Waals surface area contributed by atoms with Gasteiger partial charge in [-0.3, -0.25) is 0 Å². The number of hydrogen-bond acceptors (Lipinski definition) is 0. The first-order chi connectivity index (χ1) is 13.6. The number of hydrogen-bond donors (Lipinski definition) is 0. The summed E-state index contributed by atoms with van der Waals surface area (Å²) < 4.78 is 28.5. The highest BCUT2D eigenvalue weighted by Gasteiger charge is 2.30. The molecule has 0 aliphatic rings. The third-order valence-corrected chi connectivity index (χ3v) is 5.98. The second kappa shape index (κ2) is 9.38. The van der Waals surface area contributed by atoms with Gasteiger partial charge in [-0.25, -0.2) is 8.78 Å². The van der Waals surface area contributed by atoms with Crippen molar-refractivity contribution in [2.75, 3.05) is 0 Å². The van der Waals surface area contributed by atoms with Crippen LogP contribution in [0.15, 0.2) is 72.8 Å². The molecule has 3 rings (SSSR count). The first-order valence-corrected chi connectivity index (χ1v) is 10.4. The highest BCUT2D eigenvalue weighted by atomic mass is 35.5. The second-order valence-corrected chi connectivity index (χ2v) is 8.00. The van der Waals surface area contributed by atoms with Gasteiger partial charge in [0.1, 0.15) is 11.6 Å². The highest BCUT2D eigenvalue weighted by Crippen LogP contribution is 2.20. The van der Waals surface area contributed by atoms with E-state index in [0.717, 1.165) is 48.4 Å². The van der Waals surface area contributed by atoms with Crippen molar-refractivity contribution in [3.63, 3.8) is 0 Å². The Hall–Kier alpha value is -2.13. The summed E-state index contributed by atoms with van der Waals surface area (Å²) in [5.74, 6) is -0.563. The van der Waals surface area contributed by atoms with Gasteiger partial charge in [0.15, 0.2) is 0 Å². The Morgan fingerprint density at radius 1 is 0.714 bits per heavy atom. The van der Waals surface area contributed by atoms with Gasteiger partial charge in [-0.1, -0.05) is 98.8 Å². The molecule has 0 N–H and O–H groups in total. The molecule has 0 saturated carbocycles. The Labute approximate surface area is 171 Å². The Morgan fingerprint density at radius 3 is 1.75 bits per heavy atom. The fourth-order valence-corrected chi connectivity index (χ4v) is 4.59. The van der Waals surface area contributed by atoms with Crippen molar-refractivity contribution in [2.45, 2.75) is 38.9 Å². The molecule has 0 radical (unpaired) electrons. The summed E-state index contributed by atoms with van der Waals surface area (Å²) in [6.07, 6.45) is 3.61. The Bertz CT molecular complexity index is 815. The van der Waals surface area contributed by atoms with E-state index in [9.17, 15) is 8.78 Å². The molecule has 4 heteroatoms. The monoisotopic (exact) mass is 397 g/mol. The van der Waals surface area contributed by atoms with Crippen LogP contribution in [-0.4, -0.2) is 6.15 Å². The van der Waals surface area contributed by atoms with E-state index in [1.54, 1.807) is 24.3 Å². The Morgan fingerprint density at radius 2 is 1.25 bits per heavy atom. The summed E-state index contributed by atoms with van der Waals surface area (Å²) >= 11 is 6.33. The quantitative estimate of drug-likeness (QED) is 0.339. The predicted octanol–water partition coefficient (Wildman–Crippen LogP) is 5.67. The molecule has 0 unspecified atom stereocenters. The summed E-state index contributed by atoms with van der Waals surface area (Å²) in [7, 11) is 0. The first-order valence-electron chi connectivity index (χ1n) is 10.0. The van der Waals surface area contributed by atoms with Crippen molar-refractivity contribution < 1.29 is 8.78 Å². The average Bonchev–Trinajstić information content (AvgIpc) is 2.68. The summed E-state index contributed by atoms with van der Waals surface area (Å²) in [5, 5.41) is 0.630. The van der Waals surface area contributed by atoms with Crippen molar-refractivity contribution in [2.24, 2.45) is 0 Å². The lowest BCUT2D eigenvalue weighted by Crippen LogP contribution is -2.67. The van der Waals surface area contributed by atoms with E-state index in [-0.39, 0.29) is 11.6 Å². The highest BCUT2D eigenvalue weighted by molar-refractivity contribution is 7.11. The maximum atomic E-state index is 14.2. The molecule has 0 bridgehead atoms. The molecule has 3 aromatic carbocycles. The maximum absolute atomic E-state index is 14.2. The molecule has 0 fully saturated rings. The molecule has 0 aliphatic heterocycles. The SMILES string of the molecule is CCCCCC[B-](c1cccc(F)c1)(c1cccc(F)c1)c1cccc(Cl)c1. The average molecular weight is 398 g/mol. The van der Waals surface area contributed by atoms with Crippen LogP contribution in [-0.2, 0) is 0 Å². The molecule has 0 heterocycles. The molecule has 0 aliphatic carbocycles. The van der Waals surface area contributed by atoms with Crippen LogP contribution in [0.3, 0.4) is 0 Å². The largest absolute Gasteiger partial charge is 0.207 e. The van der Waals surface area contributed by atoms with E-state index in [2.05, 4.69) is 6.92 Å². The lowest BCUT2D eigenvalue weighted by Gasteiger charge is -2.43. The number of halogens is 3. The van der Waals surface area contributed by atoms with Crippen LogP contribution in [0.1, 0.15) is 32.6 Å². The van der Waals surface area contributed by atoms with Crippen molar-refractivity contribution in [1.29, 1.82) is 0 Å². The molecule has 0 aromatic heterocycles. The zero-order valence-electron chi connectivity index (χ0n) is 16.2. The predicted molar refractivity (Wildman–Crippen MR) is 118 cm³/mol. The molecular formula is C24H25BClF2-. The van der Waals surface area contributed by atoms with Crippen LogP contribution in [0.5, 0.6) is 0 Å². The molecule has 0 saturated heterocycles. The van der Waals surface area contributed by atoms with Crippen LogP contribution in [0.4, 0.5) is 8.78 Å². The minimum atomic E-state index is -1.55. The molecule has 146 valence electrons. The third-order valence-electron chi connectivity index (χ3n) is 5.74. The van der Waals surface area contributed by atoms with E-state index in [1.807, 2.05) is 36.4 Å².